The van der Waals surface area contributed by atoms with Crippen LogP contribution in [-0.2, 0) is 16.4 Å². The van der Waals surface area contributed by atoms with E-state index in [1.165, 1.54) is 0 Å². The Kier molecular flexibility index (Phi) is 3.35. The molecule has 1 fully saturated rings. The normalized spacial score (nSPS) is 22.8. The standard InChI is InChI=1S/C11H16N2O3S/c1-8-2-3-11(14)10(13-8)6-12-9-4-5-17(15,16)7-9/h2-3,9,12,14H,4-7H2,1H3. The molecule has 0 aliphatic carbocycles. The van der Waals surface area contributed by atoms with Crippen molar-refractivity contribution < 1.29 is 13.5 Å². The van der Waals surface area contributed by atoms with Crippen LogP contribution in [0.5, 0.6) is 5.75 Å². The zero-order valence-electron chi connectivity index (χ0n) is 9.68. The number of aromatic nitrogens is 1. The van der Waals surface area contributed by atoms with Crippen molar-refractivity contribution in [2.75, 3.05) is 11.5 Å². The summed E-state index contributed by atoms with van der Waals surface area (Å²) in [4.78, 5) is 4.21. The summed E-state index contributed by atoms with van der Waals surface area (Å²) in [7, 11) is -2.86. The minimum atomic E-state index is -2.86. The minimum Gasteiger partial charge on any atom is -0.506 e. The third kappa shape index (κ3) is 3.17. The second-order valence-electron chi connectivity index (χ2n) is 4.40. The number of hydrogen-bond acceptors (Lipinski definition) is 5. The van der Waals surface area contributed by atoms with Gasteiger partial charge in [-0.1, -0.05) is 0 Å². The van der Waals surface area contributed by atoms with Crippen molar-refractivity contribution in [2.45, 2.75) is 25.9 Å². The van der Waals surface area contributed by atoms with Gasteiger partial charge in [0.25, 0.3) is 0 Å². The van der Waals surface area contributed by atoms with Crippen LogP contribution in [0.4, 0.5) is 0 Å². The number of nitrogens with zero attached hydrogens (tertiary/aromatic N) is 1. The SMILES string of the molecule is Cc1ccc(O)c(CNC2CCS(=O)(=O)C2)n1. The molecule has 1 aromatic rings. The molecule has 0 saturated carbocycles. The molecule has 1 aromatic heterocycles. The highest BCUT2D eigenvalue weighted by atomic mass is 32.2. The summed E-state index contributed by atoms with van der Waals surface area (Å²) in [6.07, 6.45) is 0.634. The van der Waals surface area contributed by atoms with Gasteiger partial charge < -0.3 is 10.4 Å². The fourth-order valence-corrected chi connectivity index (χ4v) is 3.64. The molecule has 1 unspecified atom stereocenters. The van der Waals surface area contributed by atoms with Crippen LogP contribution >= 0.6 is 0 Å². The molecule has 0 bridgehead atoms. The molecule has 5 nitrogen and oxygen atoms in total. The van der Waals surface area contributed by atoms with Crippen molar-refractivity contribution in [3.05, 3.63) is 23.5 Å². The number of aryl methyl sites for hydroxylation is 1. The number of nitrogens with one attached hydrogen (secondary N) is 1. The fourth-order valence-electron chi connectivity index (χ4n) is 1.93. The summed E-state index contributed by atoms with van der Waals surface area (Å²) >= 11 is 0. The third-order valence-electron chi connectivity index (χ3n) is 2.88. The number of hydrogen-bond donors (Lipinski definition) is 2. The topological polar surface area (TPSA) is 79.3 Å². The first-order valence-electron chi connectivity index (χ1n) is 5.55. The average Bonchev–Trinajstić information content (AvgIpc) is 2.60. The van der Waals surface area contributed by atoms with Crippen LogP contribution in [0.2, 0.25) is 0 Å². The highest BCUT2D eigenvalue weighted by molar-refractivity contribution is 7.91. The number of pyridine rings is 1. The molecular weight excluding hydrogens is 240 g/mol. The Hall–Kier alpha value is -1.14. The Morgan fingerprint density at radius 1 is 1.53 bits per heavy atom. The Morgan fingerprint density at radius 3 is 2.94 bits per heavy atom. The molecule has 1 atom stereocenters. The Balaban J connectivity index is 1.97. The fraction of sp³-hybridized carbons (Fsp3) is 0.545. The van der Waals surface area contributed by atoms with Crippen LogP contribution in [0.15, 0.2) is 12.1 Å². The molecular formula is C11H16N2O3S. The van der Waals surface area contributed by atoms with Crippen molar-refractivity contribution in [1.29, 1.82) is 0 Å². The number of sulfone groups is 1. The summed E-state index contributed by atoms with van der Waals surface area (Å²) in [6.45, 7) is 2.25. The highest BCUT2D eigenvalue weighted by Crippen LogP contribution is 2.16. The van der Waals surface area contributed by atoms with Gasteiger partial charge in [0.15, 0.2) is 9.84 Å². The van der Waals surface area contributed by atoms with Crippen LogP contribution in [0.25, 0.3) is 0 Å². The van der Waals surface area contributed by atoms with Gasteiger partial charge in [-0.15, -0.1) is 0 Å². The molecule has 0 radical (unpaired) electrons. The highest BCUT2D eigenvalue weighted by Gasteiger charge is 2.27. The lowest BCUT2D eigenvalue weighted by Crippen LogP contribution is -2.29. The van der Waals surface area contributed by atoms with Crippen molar-refractivity contribution >= 4 is 9.84 Å². The largest absolute Gasteiger partial charge is 0.506 e. The Bertz CT molecular complexity index is 513. The van der Waals surface area contributed by atoms with E-state index in [2.05, 4.69) is 10.3 Å². The van der Waals surface area contributed by atoms with Crippen LogP contribution in [0, 0.1) is 6.92 Å². The monoisotopic (exact) mass is 256 g/mol. The summed E-state index contributed by atoms with van der Waals surface area (Å²) in [6, 6.07) is 3.31. The molecule has 94 valence electrons. The maximum Gasteiger partial charge on any atom is 0.151 e. The van der Waals surface area contributed by atoms with Crippen molar-refractivity contribution in [2.24, 2.45) is 0 Å². The Labute approximate surface area is 101 Å². The van der Waals surface area contributed by atoms with E-state index in [-0.39, 0.29) is 23.3 Å². The molecule has 1 aliphatic heterocycles. The second kappa shape index (κ2) is 4.62. The maximum atomic E-state index is 11.3. The molecule has 0 amide bonds. The first-order chi connectivity index (χ1) is 7.96. The third-order valence-corrected chi connectivity index (χ3v) is 4.65. The maximum absolute atomic E-state index is 11.3. The zero-order chi connectivity index (χ0) is 12.5. The van der Waals surface area contributed by atoms with Gasteiger partial charge in [0, 0.05) is 18.3 Å². The van der Waals surface area contributed by atoms with E-state index in [9.17, 15) is 13.5 Å². The lowest BCUT2D eigenvalue weighted by Gasteiger charge is -2.11. The molecule has 0 spiro atoms. The number of aromatic hydroxyl groups is 1. The molecule has 17 heavy (non-hydrogen) atoms. The minimum absolute atomic E-state index is 0.0262. The lowest BCUT2D eigenvalue weighted by atomic mass is 10.2. The van der Waals surface area contributed by atoms with E-state index in [1.807, 2.05) is 6.92 Å². The van der Waals surface area contributed by atoms with E-state index in [0.717, 1.165) is 5.69 Å². The average molecular weight is 256 g/mol. The summed E-state index contributed by atoms with van der Waals surface area (Å²) in [5, 5.41) is 12.7. The molecule has 1 saturated heterocycles. The number of rotatable bonds is 3. The summed E-state index contributed by atoms with van der Waals surface area (Å²) < 4.78 is 22.5. The van der Waals surface area contributed by atoms with Crippen LogP contribution < -0.4 is 5.32 Å². The summed E-state index contributed by atoms with van der Waals surface area (Å²) in [5.41, 5.74) is 1.40. The van der Waals surface area contributed by atoms with Crippen molar-refractivity contribution in [3.63, 3.8) is 0 Å². The molecule has 2 N–H and O–H groups in total. The molecule has 2 heterocycles. The van der Waals surface area contributed by atoms with Gasteiger partial charge in [-0.2, -0.15) is 0 Å². The van der Waals surface area contributed by atoms with Crippen molar-refractivity contribution in [3.8, 4) is 5.75 Å². The Morgan fingerprint density at radius 2 is 2.29 bits per heavy atom. The van der Waals surface area contributed by atoms with Crippen LogP contribution in [0.3, 0.4) is 0 Å². The van der Waals surface area contributed by atoms with Gasteiger partial charge in [-0.25, -0.2) is 8.42 Å². The second-order valence-corrected chi connectivity index (χ2v) is 6.63. The zero-order valence-corrected chi connectivity index (χ0v) is 10.5. The van der Waals surface area contributed by atoms with Gasteiger partial charge in [-0.3, -0.25) is 4.98 Å². The van der Waals surface area contributed by atoms with E-state index in [1.54, 1.807) is 12.1 Å². The molecule has 1 aliphatic rings. The molecule has 6 heteroatoms. The first-order valence-corrected chi connectivity index (χ1v) is 7.38. The van der Waals surface area contributed by atoms with Gasteiger partial charge in [-0.05, 0) is 25.5 Å². The van der Waals surface area contributed by atoms with E-state index in [4.69, 9.17) is 0 Å². The smallest absolute Gasteiger partial charge is 0.151 e. The van der Waals surface area contributed by atoms with E-state index in [0.29, 0.717) is 18.7 Å². The van der Waals surface area contributed by atoms with E-state index < -0.39 is 9.84 Å². The van der Waals surface area contributed by atoms with Gasteiger partial charge in [0.1, 0.15) is 5.75 Å². The first kappa shape index (κ1) is 12.3. The van der Waals surface area contributed by atoms with Gasteiger partial charge in [0.05, 0.1) is 17.2 Å². The van der Waals surface area contributed by atoms with Gasteiger partial charge in [0.2, 0.25) is 0 Å². The quantitative estimate of drug-likeness (QED) is 0.817. The van der Waals surface area contributed by atoms with Gasteiger partial charge >= 0.3 is 0 Å². The molecule has 0 aromatic carbocycles. The predicted molar refractivity (Wildman–Crippen MR) is 64.5 cm³/mol. The summed E-state index contributed by atoms with van der Waals surface area (Å²) in [5.74, 6) is 0.571. The van der Waals surface area contributed by atoms with Crippen LogP contribution in [0.1, 0.15) is 17.8 Å². The van der Waals surface area contributed by atoms with E-state index >= 15 is 0 Å². The van der Waals surface area contributed by atoms with Crippen molar-refractivity contribution in [1.82, 2.24) is 10.3 Å². The lowest BCUT2D eigenvalue weighted by molar-refractivity contribution is 0.453. The predicted octanol–water partition coefficient (Wildman–Crippen LogP) is 0.372. The van der Waals surface area contributed by atoms with Crippen LogP contribution in [-0.4, -0.2) is 36.1 Å². The molecule has 2 rings (SSSR count).